The maximum Gasteiger partial charge on any atom is 0.240 e. The van der Waals surface area contributed by atoms with Gasteiger partial charge in [0.15, 0.2) is 5.82 Å². The molecule has 30 heavy (non-hydrogen) atoms. The van der Waals surface area contributed by atoms with Gasteiger partial charge in [-0.1, -0.05) is 30.3 Å². The van der Waals surface area contributed by atoms with E-state index in [1.807, 2.05) is 34.2 Å². The average molecular weight is 417 g/mol. The lowest BCUT2D eigenvalue weighted by molar-refractivity contribution is -0.122. The summed E-state index contributed by atoms with van der Waals surface area (Å²) in [5.41, 5.74) is 8.46. The van der Waals surface area contributed by atoms with Crippen molar-refractivity contribution in [1.82, 2.24) is 19.9 Å². The van der Waals surface area contributed by atoms with E-state index in [1.165, 1.54) is 47.3 Å². The number of nitrogens with one attached hydrogen (secondary N) is 1. The molecule has 0 radical (unpaired) electrons. The molecule has 1 aliphatic rings. The number of benzene rings is 2. The standard InChI is InChI=1S/C24H24N4OS/c1-16(18-11-10-17-6-2-3-7-19(17)12-18)26-23(29)13-28-22-9-5-4-8-20(22)27-24(28)21-14-30-15-25-21/h4-5,8-12,14-16H,2-3,6-7,13H2,1H3,(H,26,29)/t16-/m0/s1. The molecule has 1 aliphatic carbocycles. The summed E-state index contributed by atoms with van der Waals surface area (Å²) in [4.78, 5) is 22.1. The van der Waals surface area contributed by atoms with Crippen LogP contribution >= 0.6 is 11.3 Å². The molecular formula is C24H24N4OS. The number of thiazole rings is 1. The zero-order valence-electron chi connectivity index (χ0n) is 17.0. The van der Waals surface area contributed by atoms with E-state index in [0.717, 1.165) is 29.0 Å². The van der Waals surface area contributed by atoms with Crippen molar-refractivity contribution in [1.29, 1.82) is 0 Å². The molecule has 5 rings (SSSR count). The van der Waals surface area contributed by atoms with Gasteiger partial charge in [-0.05, 0) is 61.4 Å². The number of fused-ring (bicyclic) bond motifs is 2. The van der Waals surface area contributed by atoms with Crippen molar-refractivity contribution in [3.63, 3.8) is 0 Å². The molecule has 0 saturated heterocycles. The largest absolute Gasteiger partial charge is 0.348 e. The van der Waals surface area contributed by atoms with E-state index >= 15 is 0 Å². The molecule has 0 aliphatic heterocycles. The Morgan fingerprint density at radius 3 is 2.83 bits per heavy atom. The third-order valence-electron chi connectivity index (χ3n) is 5.87. The van der Waals surface area contributed by atoms with Crippen molar-refractivity contribution in [3.8, 4) is 11.5 Å². The predicted octanol–water partition coefficient (Wildman–Crippen LogP) is 4.92. The fourth-order valence-electron chi connectivity index (χ4n) is 4.29. The van der Waals surface area contributed by atoms with E-state index < -0.39 is 0 Å². The molecule has 5 nitrogen and oxygen atoms in total. The second-order valence-electron chi connectivity index (χ2n) is 7.91. The van der Waals surface area contributed by atoms with Crippen LogP contribution in [0, 0.1) is 0 Å². The predicted molar refractivity (Wildman–Crippen MR) is 120 cm³/mol. The van der Waals surface area contributed by atoms with Gasteiger partial charge in [0.05, 0.1) is 22.6 Å². The van der Waals surface area contributed by atoms with Gasteiger partial charge in [-0.3, -0.25) is 4.79 Å². The van der Waals surface area contributed by atoms with Crippen LogP contribution < -0.4 is 5.32 Å². The number of nitrogens with zero attached hydrogens (tertiary/aromatic N) is 3. The van der Waals surface area contributed by atoms with Crippen LogP contribution in [0.3, 0.4) is 0 Å². The van der Waals surface area contributed by atoms with Gasteiger partial charge < -0.3 is 9.88 Å². The van der Waals surface area contributed by atoms with Gasteiger partial charge in [0, 0.05) is 5.38 Å². The van der Waals surface area contributed by atoms with Gasteiger partial charge in [-0.15, -0.1) is 11.3 Å². The second kappa shape index (κ2) is 8.03. The number of hydrogen-bond donors (Lipinski definition) is 1. The third-order valence-corrected chi connectivity index (χ3v) is 6.45. The van der Waals surface area contributed by atoms with E-state index in [-0.39, 0.29) is 18.5 Å². The van der Waals surface area contributed by atoms with Crippen LogP contribution in [0.25, 0.3) is 22.6 Å². The molecular weight excluding hydrogens is 392 g/mol. The Bertz CT molecular complexity index is 1200. The highest BCUT2D eigenvalue weighted by Crippen LogP contribution is 2.26. The molecule has 0 unspecified atom stereocenters. The Balaban J connectivity index is 1.38. The van der Waals surface area contributed by atoms with Crippen LogP contribution in [0.5, 0.6) is 0 Å². The number of rotatable bonds is 5. The lowest BCUT2D eigenvalue weighted by Crippen LogP contribution is -2.30. The Morgan fingerprint density at radius 1 is 1.17 bits per heavy atom. The van der Waals surface area contributed by atoms with Crippen molar-refractivity contribution in [2.75, 3.05) is 0 Å². The van der Waals surface area contributed by atoms with Crippen LogP contribution in [-0.2, 0) is 24.2 Å². The molecule has 0 fully saturated rings. The lowest BCUT2D eigenvalue weighted by atomic mass is 9.89. The Hall–Kier alpha value is -2.99. The van der Waals surface area contributed by atoms with Crippen molar-refractivity contribution >= 4 is 28.3 Å². The van der Waals surface area contributed by atoms with Crippen molar-refractivity contribution < 1.29 is 4.79 Å². The minimum absolute atomic E-state index is 0.0279. The number of carbonyl (C=O) groups is 1. The summed E-state index contributed by atoms with van der Waals surface area (Å²) in [7, 11) is 0. The Labute approximate surface area is 179 Å². The van der Waals surface area contributed by atoms with E-state index in [9.17, 15) is 4.79 Å². The van der Waals surface area contributed by atoms with Gasteiger partial charge in [0.2, 0.25) is 5.91 Å². The van der Waals surface area contributed by atoms with E-state index in [4.69, 9.17) is 4.98 Å². The van der Waals surface area contributed by atoms with E-state index in [2.05, 4.69) is 35.4 Å². The minimum atomic E-state index is -0.0396. The molecule has 152 valence electrons. The quantitative estimate of drug-likeness (QED) is 0.503. The smallest absolute Gasteiger partial charge is 0.240 e. The molecule has 0 saturated carbocycles. The number of para-hydroxylation sites is 2. The molecule has 2 heterocycles. The van der Waals surface area contributed by atoms with Gasteiger partial charge >= 0.3 is 0 Å². The molecule has 1 N–H and O–H groups in total. The molecule has 0 bridgehead atoms. The number of amides is 1. The maximum atomic E-state index is 13.0. The van der Waals surface area contributed by atoms with Crippen molar-refractivity contribution in [2.24, 2.45) is 0 Å². The number of carbonyl (C=O) groups excluding carboxylic acids is 1. The number of aromatic nitrogens is 3. The molecule has 2 aromatic carbocycles. The first kappa shape index (κ1) is 19.0. The van der Waals surface area contributed by atoms with Crippen LogP contribution in [0.4, 0.5) is 0 Å². The zero-order valence-corrected chi connectivity index (χ0v) is 17.8. The van der Waals surface area contributed by atoms with E-state index in [0.29, 0.717) is 0 Å². The number of imidazole rings is 1. The summed E-state index contributed by atoms with van der Waals surface area (Å²) in [6.45, 7) is 2.26. The first-order valence-electron chi connectivity index (χ1n) is 10.4. The van der Waals surface area contributed by atoms with Gasteiger partial charge in [0.25, 0.3) is 0 Å². The summed E-state index contributed by atoms with van der Waals surface area (Å²) in [5, 5.41) is 5.14. The lowest BCUT2D eigenvalue weighted by Gasteiger charge is -2.20. The first-order chi connectivity index (χ1) is 14.7. The first-order valence-corrected chi connectivity index (χ1v) is 11.4. The van der Waals surface area contributed by atoms with Crippen LogP contribution in [0.2, 0.25) is 0 Å². The molecule has 1 amide bonds. The summed E-state index contributed by atoms with van der Waals surface area (Å²) < 4.78 is 1.96. The van der Waals surface area contributed by atoms with E-state index in [1.54, 1.807) is 5.51 Å². The molecule has 2 aromatic heterocycles. The third kappa shape index (κ3) is 3.63. The zero-order chi connectivity index (χ0) is 20.5. The van der Waals surface area contributed by atoms with Crippen LogP contribution in [-0.4, -0.2) is 20.4 Å². The Kier molecular flexibility index (Phi) is 5.09. The number of aryl methyl sites for hydroxylation is 2. The highest BCUT2D eigenvalue weighted by molar-refractivity contribution is 7.07. The summed E-state index contributed by atoms with van der Waals surface area (Å²) in [5.74, 6) is 0.703. The van der Waals surface area contributed by atoms with Crippen LogP contribution in [0.15, 0.2) is 53.4 Å². The van der Waals surface area contributed by atoms with Gasteiger partial charge in [0.1, 0.15) is 12.2 Å². The second-order valence-corrected chi connectivity index (χ2v) is 8.63. The van der Waals surface area contributed by atoms with Crippen molar-refractivity contribution in [2.45, 2.75) is 45.2 Å². The summed E-state index contributed by atoms with van der Waals surface area (Å²) >= 11 is 1.53. The number of hydrogen-bond acceptors (Lipinski definition) is 4. The summed E-state index contributed by atoms with van der Waals surface area (Å²) in [6.07, 6.45) is 4.84. The minimum Gasteiger partial charge on any atom is -0.348 e. The SMILES string of the molecule is C[C@H](NC(=O)Cn1c(-c2cscn2)nc2ccccc21)c1ccc2c(c1)CCCC2. The fourth-order valence-corrected chi connectivity index (χ4v) is 4.82. The van der Waals surface area contributed by atoms with Gasteiger partial charge in [-0.2, -0.15) is 0 Å². The Morgan fingerprint density at radius 2 is 2.00 bits per heavy atom. The molecule has 1 atom stereocenters. The molecule has 6 heteroatoms. The molecule has 0 spiro atoms. The fraction of sp³-hybridized carbons (Fsp3) is 0.292. The van der Waals surface area contributed by atoms with Gasteiger partial charge in [-0.25, -0.2) is 9.97 Å². The topological polar surface area (TPSA) is 59.8 Å². The maximum absolute atomic E-state index is 13.0. The normalized spacial score (nSPS) is 14.4. The molecule has 4 aromatic rings. The highest BCUT2D eigenvalue weighted by atomic mass is 32.1. The average Bonchev–Trinajstić information content (AvgIpc) is 3.42. The van der Waals surface area contributed by atoms with Crippen LogP contribution in [0.1, 0.15) is 42.5 Å². The monoisotopic (exact) mass is 416 g/mol. The highest BCUT2D eigenvalue weighted by Gasteiger charge is 2.18. The van der Waals surface area contributed by atoms with Crippen molar-refractivity contribution in [3.05, 3.63) is 70.0 Å². The summed E-state index contributed by atoms with van der Waals surface area (Å²) in [6, 6.07) is 14.5.